The molecule has 7 heteroatoms. The second-order valence-electron chi connectivity index (χ2n) is 7.81. The molecule has 0 spiro atoms. The fourth-order valence-corrected chi connectivity index (χ4v) is 3.81. The van der Waals surface area contributed by atoms with E-state index in [9.17, 15) is 9.59 Å². The van der Waals surface area contributed by atoms with Gasteiger partial charge in [-0.1, -0.05) is 6.07 Å². The van der Waals surface area contributed by atoms with E-state index in [2.05, 4.69) is 0 Å². The molecular weight excluding hydrogens is 388 g/mol. The first-order chi connectivity index (χ1) is 14.5. The molecule has 1 heterocycles. The number of hydrogen-bond donors (Lipinski definition) is 1. The van der Waals surface area contributed by atoms with Crippen molar-refractivity contribution in [2.75, 3.05) is 20.8 Å². The van der Waals surface area contributed by atoms with Crippen LogP contribution in [0.25, 0.3) is 11.1 Å². The summed E-state index contributed by atoms with van der Waals surface area (Å²) < 4.78 is 22.4. The summed E-state index contributed by atoms with van der Waals surface area (Å²) >= 11 is 0. The van der Waals surface area contributed by atoms with E-state index in [0.717, 1.165) is 29.5 Å². The third-order valence-corrected chi connectivity index (χ3v) is 5.84. The predicted octanol–water partition coefficient (Wildman–Crippen LogP) is 4.07. The lowest BCUT2D eigenvalue weighted by atomic mass is 9.98. The second kappa shape index (κ2) is 7.89. The normalized spacial score (nSPS) is 15.9. The van der Waals surface area contributed by atoms with Crippen LogP contribution in [0.1, 0.15) is 41.6 Å². The number of methoxy groups -OCH3 is 2. The van der Waals surface area contributed by atoms with E-state index in [1.54, 1.807) is 20.3 Å². The van der Waals surface area contributed by atoms with E-state index in [0.29, 0.717) is 35.8 Å². The lowest BCUT2D eigenvalue weighted by Crippen LogP contribution is -2.15. The molecular formula is C23H24O7. The highest BCUT2D eigenvalue weighted by Gasteiger charge is 2.43. The molecule has 1 fully saturated rings. The zero-order valence-corrected chi connectivity index (χ0v) is 17.0. The van der Waals surface area contributed by atoms with Crippen LogP contribution in [-0.4, -0.2) is 37.9 Å². The molecule has 0 saturated heterocycles. The number of esters is 1. The molecule has 2 aromatic carbocycles. The molecule has 0 amide bonds. The molecule has 0 aromatic heterocycles. The van der Waals surface area contributed by atoms with Crippen LogP contribution in [0.5, 0.6) is 17.2 Å². The molecule has 30 heavy (non-hydrogen) atoms. The first-order valence-corrected chi connectivity index (χ1v) is 9.86. The summed E-state index contributed by atoms with van der Waals surface area (Å²) in [6.45, 7) is 0.660. The van der Waals surface area contributed by atoms with Crippen molar-refractivity contribution in [2.24, 2.45) is 5.41 Å². The van der Waals surface area contributed by atoms with Crippen molar-refractivity contribution < 1.29 is 33.6 Å². The Kier molecular flexibility index (Phi) is 5.28. The third-order valence-electron chi connectivity index (χ3n) is 5.84. The highest BCUT2D eigenvalue weighted by atomic mass is 16.5. The molecule has 1 aliphatic heterocycles. The van der Waals surface area contributed by atoms with Crippen LogP contribution in [0.15, 0.2) is 30.3 Å². The molecule has 1 saturated carbocycles. The van der Waals surface area contributed by atoms with E-state index in [1.807, 2.05) is 24.3 Å². The van der Waals surface area contributed by atoms with Crippen LogP contribution in [0, 0.1) is 5.41 Å². The predicted molar refractivity (Wildman–Crippen MR) is 108 cm³/mol. The maximum atomic E-state index is 11.8. The van der Waals surface area contributed by atoms with Gasteiger partial charge in [-0.3, -0.25) is 4.79 Å². The highest BCUT2D eigenvalue weighted by molar-refractivity contribution is 5.94. The third kappa shape index (κ3) is 3.79. The Labute approximate surface area is 174 Å². The van der Waals surface area contributed by atoms with Gasteiger partial charge < -0.3 is 24.1 Å². The van der Waals surface area contributed by atoms with Crippen molar-refractivity contribution in [1.82, 2.24) is 0 Å². The maximum Gasteiger partial charge on any atom is 0.338 e. The van der Waals surface area contributed by atoms with Crippen molar-refractivity contribution in [2.45, 2.75) is 32.3 Å². The summed E-state index contributed by atoms with van der Waals surface area (Å²) in [4.78, 5) is 22.7. The van der Waals surface area contributed by atoms with Gasteiger partial charge in [-0.05, 0) is 49.1 Å². The summed E-state index contributed by atoms with van der Waals surface area (Å²) in [5.74, 6) is 0.470. The van der Waals surface area contributed by atoms with Gasteiger partial charge in [-0.2, -0.15) is 0 Å². The number of rotatable bonds is 9. The molecule has 1 aliphatic carbocycles. The zero-order chi connectivity index (χ0) is 21.3. The smallest absolute Gasteiger partial charge is 0.338 e. The number of aliphatic carboxylic acids is 1. The van der Waals surface area contributed by atoms with Gasteiger partial charge >= 0.3 is 11.9 Å². The number of carboxylic acid groups (broad SMARTS) is 1. The minimum absolute atomic E-state index is 0.109. The van der Waals surface area contributed by atoms with Crippen LogP contribution in [-0.2, 0) is 16.1 Å². The Morgan fingerprint density at radius 1 is 1.10 bits per heavy atom. The average molecular weight is 412 g/mol. The van der Waals surface area contributed by atoms with Gasteiger partial charge in [-0.25, -0.2) is 4.79 Å². The fraction of sp³-hybridized carbons (Fsp3) is 0.391. The quantitative estimate of drug-likeness (QED) is 0.621. The highest BCUT2D eigenvalue weighted by Crippen LogP contribution is 2.52. The first-order valence-electron chi connectivity index (χ1n) is 9.86. The molecule has 0 bridgehead atoms. The fourth-order valence-electron chi connectivity index (χ4n) is 3.81. The molecule has 4 rings (SSSR count). The number of carbonyl (C=O) groups excluding carboxylic acids is 1. The first kappa shape index (κ1) is 20.1. The van der Waals surface area contributed by atoms with E-state index >= 15 is 0 Å². The van der Waals surface area contributed by atoms with Crippen molar-refractivity contribution in [1.29, 1.82) is 0 Å². The summed E-state index contributed by atoms with van der Waals surface area (Å²) in [5.41, 5.74) is 2.98. The molecule has 2 aromatic rings. The maximum absolute atomic E-state index is 11.8. The number of hydrogen-bond acceptors (Lipinski definition) is 6. The molecule has 2 aliphatic rings. The Balaban J connectivity index is 1.67. The van der Waals surface area contributed by atoms with Crippen molar-refractivity contribution >= 4 is 11.9 Å². The van der Waals surface area contributed by atoms with Crippen LogP contribution >= 0.6 is 0 Å². The van der Waals surface area contributed by atoms with E-state index < -0.39 is 5.97 Å². The zero-order valence-electron chi connectivity index (χ0n) is 17.0. The lowest BCUT2D eigenvalue weighted by Gasteiger charge is -2.21. The van der Waals surface area contributed by atoms with Crippen LogP contribution in [0.3, 0.4) is 0 Å². The summed E-state index contributed by atoms with van der Waals surface area (Å²) in [6, 6.07) is 9.25. The number of fused-ring (bicyclic) bond motifs is 1. The van der Waals surface area contributed by atoms with Gasteiger partial charge in [0.2, 0.25) is 5.75 Å². The van der Waals surface area contributed by atoms with Gasteiger partial charge in [0.15, 0.2) is 11.5 Å². The molecule has 0 radical (unpaired) electrons. The van der Waals surface area contributed by atoms with Gasteiger partial charge in [0.1, 0.15) is 6.61 Å². The van der Waals surface area contributed by atoms with Crippen molar-refractivity contribution in [3.63, 3.8) is 0 Å². The van der Waals surface area contributed by atoms with Gasteiger partial charge in [0.05, 0.1) is 26.4 Å². The minimum Gasteiger partial charge on any atom is -0.493 e. The van der Waals surface area contributed by atoms with Crippen LogP contribution in [0.2, 0.25) is 0 Å². The summed E-state index contributed by atoms with van der Waals surface area (Å²) in [6.07, 6.45) is 2.60. The van der Waals surface area contributed by atoms with Gasteiger partial charge in [0.25, 0.3) is 0 Å². The van der Waals surface area contributed by atoms with Gasteiger partial charge in [0, 0.05) is 23.0 Å². The molecule has 0 atom stereocenters. The van der Waals surface area contributed by atoms with Crippen molar-refractivity contribution in [3.05, 3.63) is 41.5 Å². The van der Waals surface area contributed by atoms with Crippen LogP contribution < -0.4 is 14.2 Å². The molecule has 158 valence electrons. The average Bonchev–Trinajstić information content (AvgIpc) is 3.44. The molecule has 0 unspecified atom stereocenters. The lowest BCUT2D eigenvalue weighted by molar-refractivity contribution is -0.137. The Hall–Kier alpha value is -3.22. The number of carbonyl (C=O) groups is 2. The molecule has 1 N–H and O–H groups in total. The van der Waals surface area contributed by atoms with Crippen LogP contribution in [0.4, 0.5) is 0 Å². The van der Waals surface area contributed by atoms with Gasteiger partial charge in [-0.15, -0.1) is 0 Å². The standard InChI is InChI=1S/C23H24O7/c1-27-18-6-5-16(14-3-4-17-15(11-14)12-29-22(17)26)20(21(18)28-2)30-13-23(9-10-23)8-7-19(24)25/h3-6,11H,7-10,12-13H2,1-2H3,(H,24,25). The Bertz CT molecular complexity index is 991. The SMILES string of the molecule is COc1ccc(-c2ccc3c(c2)COC3=O)c(OCC2(CCC(=O)O)CC2)c1OC. The summed E-state index contributed by atoms with van der Waals surface area (Å²) in [5, 5.41) is 9.02. The number of ether oxygens (including phenoxy) is 4. The van der Waals surface area contributed by atoms with E-state index in [-0.39, 0.29) is 24.4 Å². The number of carboxylic acids is 1. The van der Waals surface area contributed by atoms with E-state index in [4.69, 9.17) is 24.1 Å². The minimum atomic E-state index is -0.796. The van der Waals surface area contributed by atoms with E-state index in [1.165, 1.54) is 0 Å². The largest absolute Gasteiger partial charge is 0.493 e. The number of benzene rings is 2. The monoisotopic (exact) mass is 412 g/mol. The Morgan fingerprint density at radius 2 is 1.87 bits per heavy atom. The second-order valence-corrected chi connectivity index (χ2v) is 7.81. The Morgan fingerprint density at radius 3 is 2.53 bits per heavy atom. The summed E-state index contributed by atoms with van der Waals surface area (Å²) in [7, 11) is 3.12. The number of cyclic esters (lactones) is 1. The topological polar surface area (TPSA) is 91.3 Å². The van der Waals surface area contributed by atoms with Crippen molar-refractivity contribution in [3.8, 4) is 28.4 Å². The molecule has 7 nitrogen and oxygen atoms in total.